The van der Waals surface area contributed by atoms with Crippen LogP contribution >= 0.6 is 11.6 Å². The van der Waals surface area contributed by atoms with Crippen molar-refractivity contribution in [3.05, 3.63) is 52.5 Å². The largest absolute Gasteiger partial charge is 0.497 e. The molecule has 7 nitrogen and oxygen atoms in total. The van der Waals surface area contributed by atoms with Gasteiger partial charge in [0, 0.05) is 18.5 Å². The van der Waals surface area contributed by atoms with Crippen LogP contribution in [0.15, 0.2) is 36.4 Å². The number of hydrogen-bond donors (Lipinski definition) is 2. The number of benzene rings is 2. The lowest BCUT2D eigenvalue weighted by atomic mass is 9.90. The second-order valence-corrected chi connectivity index (χ2v) is 17.1. The molecule has 0 radical (unpaired) electrons. The highest BCUT2D eigenvalue weighted by Gasteiger charge is 2.47. The highest BCUT2D eigenvalue weighted by molar-refractivity contribution is 6.74. The van der Waals surface area contributed by atoms with Crippen LogP contribution in [0.5, 0.6) is 11.5 Å². The number of anilines is 1. The molecule has 208 valence electrons. The highest BCUT2D eigenvalue weighted by Crippen LogP contribution is 2.42. The van der Waals surface area contributed by atoms with Crippen LogP contribution in [0, 0.1) is 0 Å². The van der Waals surface area contributed by atoms with Crippen LogP contribution < -0.4 is 19.7 Å². The molecule has 2 atom stereocenters. The monoisotopic (exact) mass is 560 g/mol. The molecule has 1 fully saturated rings. The number of carbonyl (C=O) groups is 1. The molecule has 0 aromatic heterocycles. The molecule has 1 amide bonds. The van der Waals surface area contributed by atoms with E-state index in [2.05, 4.69) is 39.2 Å². The molecule has 38 heavy (non-hydrogen) atoms. The Kier molecular flexibility index (Phi) is 8.50. The minimum Gasteiger partial charge on any atom is -0.497 e. The van der Waals surface area contributed by atoms with Gasteiger partial charge < -0.3 is 29.2 Å². The summed E-state index contributed by atoms with van der Waals surface area (Å²) >= 11 is 6.66. The van der Waals surface area contributed by atoms with Gasteiger partial charge in [0.25, 0.3) is 0 Å². The van der Waals surface area contributed by atoms with Crippen LogP contribution in [0.2, 0.25) is 23.2 Å². The molecule has 2 aromatic rings. The van der Waals surface area contributed by atoms with Crippen molar-refractivity contribution in [3.8, 4) is 11.5 Å². The Morgan fingerprint density at radius 1 is 1.16 bits per heavy atom. The van der Waals surface area contributed by atoms with Crippen LogP contribution in [0.3, 0.4) is 0 Å². The van der Waals surface area contributed by atoms with Crippen LogP contribution in [0.1, 0.15) is 44.7 Å². The SMILES string of the molecule is COc1ccc(CN2C(=O)CCc3c(OC[C@@]4(O)CCNC[C@@H]4O[Si](C)(C)C(C)(C)C)ccc(Cl)c32)cc1. The molecule has 2 aromatic carbocycles. The van der Waals surface area contributed by atoms with E-state index in [1.165, 1.54) is 0 Å². The fourth-order valence-corrected chi connectivity index (χ4v) is 6.42. The summed E-state index contributed by atoms with van der Waals surface area (Å²) in [6.45, 7) is 12.8. The number of carbonyl (C=O) groups excluding carboxylic acids is 1. The lowest BCUT2D eigenvalue weighted by Gasteiger charge is -2.46. The Morgan fingerprint density at radius 2 is 1.87 bits per heavy atom. The minimum absolute atomic E-state index is 0.0205. The Balaban J connectivity index is 1.56. The Labute approximate surface area is 232 Å². The van der Waals surface area contributed by atoms with Crippen LogP contribution in [0.4, 0.5) is 5.69 Å². The maximum absolute atomic E-state index is 13.0. The Morgan fingerprint density at radius 3 is 2.53 bits per heavy atom. The molecular weight excluding hydrogens is 520 g/mol. The lowest BCUT2D eigenvalue weighted by molar-refractivity contribution is -0.119. The van der Waals surface area contributed by atoms with E-state index in [9.17, 15) is 9.90 Å². The molecule has 1 saturated heterocycles. The first-order chi connectivity index (χ1) is 17.8. The van der Waals surface area contributed by atoms with Gasteiger partial charge >= 0.3 is 0 Å². The first kappa shape index (κ1) is 28.9. The van der Waals surface area contributed by atoms with Crippen molar-refractivity contribution < 1.29 is 23.8 Å². The van der Waals surface area contributed by atoms with Crippen molar-refractivity contribution in [1.29, 1.82) is 0 Å². The summed E-state index contributed by atoms with van der Waals surface area (Å²) in [5.41, 5.74) is 1.43. The zero-order chi connectivity index (χ0) is 27.7. The number of ether oxygens (including phenoxy) is 2. The Bertz CT molecular complexity index is 1150. The summed E-state index contributed by atoms with van der Waals surface area (Å²) in [5, 5.41) is 15.7. The number of methoxy groups -OCH3 is 1. The van der Waals surface area contributed by atoms with Crippen molar-refractivity contribution in [3.63, 3.8) is 0 Å². The fourth-order valence-electron chi connectivity index (χ4n) is 4.77. The van der Waals surface area contributed by atoms with Gasteiger partial charge in [-0.25, -0.2) is 0 Å². The molecular formula is C29H41ClN2O5Si. The highest BCUT2D eigenvalue weighted by atomic mass is 35.5. The van der Waals surface area contributed by atoms with E-state index in [-0.39, 0.29) is 23.7 Å². The number of amides is 1. The summed E-state index contributed by atoms with van der Waals surface area (Å²) in [4.78, 5) is 14.7. The number of fused-ring (bicyclic) bond motifs is 1. The first-order valence-corrected chi connectivity index (χ1v) is 16.6. The van der Waals surface area contributed by atoms with Gasteiger partial charge in [-0.2, -0.15) is 0 Å². The van der Waals surface area contributed by atoms with Gasteiger partial charge in [0.2, 0.25) is 5.91 Å². The lowest BCUT2D eigenvalue weighted by Crippen LogP contribution is -2.62. The third-order valence-electron chi connectivity index (χ3n) is 8.23. The number of nitrogens with zero attached hydrogens (tertiary/aromatic N) is 1. The molecule has 0 unspecified atom stereocenters. The summed E-state index contributed by atoms with van der Waals surface area (Å²) in [7, 11) is -0.478. The van der Waals surface area contributed by atoms with Crippen molar-refractivity contribution in [1.82, 2.24) is 5.32 Å². The average molecular weight is 561 g/mol. The van der Waals surface area contributed by atoms with E-state index in [1.54, 1.807) is 18.1 Å². The second-order valence-electron chi connectivity index (χ2n) is 11.9. The topological polar surface area (TPSA) is 80.3 Å². The van der Waals surface area contributed by atoms with Gasteiger partial charge in [0.1, 0.15) is 23.7 Å². The van der Waals surface area contributed by atoms with Crippen molar-refractivity contribution in [2.45, 2.75) is 76.4 Å². The Hall–Kier alpha value is -2.10. The van der Waals surface area contributed by atoms with Gasteiger partial charge in [0.05, 0.1) is 30.5 Å². The second kappa shape index (κ2) is 11.2. The number of halogens is 1. The van der Waals surface area contributed by atoms with Crippen molar-refractivity contribution in [2.24, 2.45) is 0 Å². The number of nitrogens with one attached hydrogen (secondary N) is 1. The van der Waals surface area contributed by atoms with Gasteiger partial charge in [-0.1, -0.05) is 44.5 Å². The summed E-state index contributed by atoms with van der Waals surface area (Å²) < 4.78 is 18.3. The standard InChI is InChI=1S/C29H41ClN2O5Si/c1-28(2,3)38(5,6)37-25-17-31-16-15-29(25,34)19-36-24-13-12-23(30)27-22(24)11-14-26(33)32(27)18-20-7-9-21(35-4)10-8-20/h7-10,12-13,25,31,34H,11,14-19H2,1-6H3/t25-,29-/m0/s1. The minimum atomic E-state index is -2.11. The van der Waals surface area contributed by atoms with Crippen LogP contribution in [-0.4, -0.2) is 57.8 Å². The smallest absolute Gasteiger partial charge is 0.227 e. The number of piperidine rings is 1. The molecule has 2 aliphatic heterocycles. The zero-order valence-electron chi connectivity index (χ0n) is 23.4. The van der Waals surface area contributed by atoms with Crippen LogP contribution in [-0.2, 0) is 22.2 Å². The third-order valence-corrected chi connectivity index (χ3v) is 13.0. The molecule has 2 heterocycles. The normalized spacial score (nSPS) is 22.3. The van der Waals surface area contributed by atoms with Crippen molar-refractivity contribution in [2.75, 3.05) is 31.7 Å². The molecule has 0 aliphatic carbocycles. The molecule has 0 spiro atoms. The first-order valence-electron chi connectivity index (χ1n) is 13.3. The number of hydrogen-bond acceptors (Lipinski definition) is 6. The maximum atomic E-state index is 13.0. The summed E-state index contributed by atoms with van der Waals surface area (Å²) in [5.74, 6) is 1.43. The summed E-state index contributed by atoms with van der Waals surface area (Å²) in [6.07, 6.45) is 1.07. The van der Waals surface area contributed by atoms with Gasteiger partial charge in [-0.15, -0.1) is 0 Å². The average Bonchev–Trinajstić information content (AvgIpc) is 2.86. The van der Waals surface area contributed by atoms with E-state index in [4.69, 9.17) is 25.5 Å². The third kappa shape index (κ3) is 6.05. The van der Waals surface area contributed by atoms with E-state index < -0.39 is 13.9 Å². The predicted molar refractivity (Wildman–Crippen MR) is 154 cm³/mol. The molecule has 2 aliphatic rings. The number of rotatable bonds is 8. The molecule has 0 saturated carbocycles. The molecule has 9 heteroatoms. The summed E-state index contributed by atoms with van der Waals surface area (Å²) in [6, 6.07) is 11.3. The van der Waals surface area contributed by atoms with Crippen molar-refractivity contribution >= 4 is 31.5 Å². The molecule has 0 bridgehead atoms. The van der Waals surface area contributed by atoms with Crippen LogP contribution in [0.25, 0.3) is 0 Å². The van der Waals surface area contributed by atoms with Gasteiger partial charge in [-0.3, -0.25) is 4.79 Å². The zero-order valence-corrected chi connectivity index (χ0v) is 25.2. The predicted octanol–water partition coefficient (Wildman–Crippen LogP) is 5.32. The fraction of sp³-hybridized carbons (Fsp3) is 0.552. The van der Waals surface area contributed by atoms with E-state index in [1.807, 2.05) is 30.3 Å². The van der Waals surface area contributed by atoms with Gasteiger partial charge in [-0.05, 0) is 67.3 Å². The van der Waals surface area contributed by atoms with E-state index in [0.717, 1.165) is 16.9 Å². The van der Waals surface area contributed by atoms with E-state index in [0.29, 0.717) is 55.4 Å². The van der Waals surface area contributed by atoms with Gasteiger partial charge in [0.15, 0.2) is 8.32 Å². The molecule has 2 N–H and O–H groups in total. The maximum Gasteiger partial charge on any atom is 0.227 e. The quantitative estimate of drug-likeness (QED) is 0.425. The number of aliphatic hydroxyl groups is 1. The molecule has 4 rings (SSSR count). The van der Waals surface area contributed by atoms with E-state index >= 15 is 0 Å².